The summed E-state index contributed by atoms with van der Waals surface area (Å²) in [7, 11) is 1.95. The fourth-order valence-electron chi connectivity index (χ4n) is 2.45. The van der Waals surface area contributed by atoms with Gasteiger partial charge < -0.3 is 10.6 Å². The summed E-state index contributed by atoms with van der Waals surface area (Å²) < 4.78 is 13.1. The third kappa shape index (κ3) is 2.40. The number of halogens is 1. The van der Waals surface area contributed by atoms with E-state index in [1.165, 1.54) is 12.1 Å². The van der Waals surface area contributed by atoms with Gasteiger partial charge in [-0.1, -0.05) is 0 Å². The molecule has 21 heavy (non-hydrogen) atoms. The number of anilines is 3. The number of aromatic nitrogens is 1. The summed E-state index contributed by atoms with van der Waals surface area (Å²) in [6, 6.07) is 12.3. The second-order valence-corrected chi connectivity index (χ2v) is 5.08. The van der Waals surface area contributed by atoms with Gasteiger partial charge in [-0.05, 0) is 49.4 Å². The summed E-state index contributed by atoms with van der Waals surface area (Å²) in [5, 5.41) is 1.96. The third-order valence-corrected chi connectivity index (χ3v) is 3.62. The highest BCUT2D eigenvalue weighted by molar-refractivity contribution is 6.02. The predicted octanol–water partition coefficient (Wildman–Crippen LogP) is 4.03. The van der Waals surface area contributed by atoms with Crippen molar-refractivity contribution in [1.29, 1.82) is 0 Å². The largest absolute Gasteiger partial charge is 0.398 e. The molecule has 3 nitrogen and oxygen atoms in total. The number of nitrogens with zero attached hydrogens (tertiary/aromatic N) is 2. The van der Waals surface area contributed by atoms with E-state index in [0.29, 0.717) is 5.69 Å². The number of fused-ring (bicyclic) bond motifs is 1. The molecule has 0 amide bonds. The van der Waals surface area contributed by atoms with Gasteiger partial charge in [0.15, 0.2) is 0 Å². The molecule has 0 saturated carbocycles. The van der Waals surface area contributed by atoms with E-state index in [1.807, 2.05) is 37.1 Å². The molecule has 2 N–H and O–H groups in total. The Morgan fingerprint density at radius 3 is 2.48 bits per heavy atom. The topological polar surface area (TPSA) is 42.1 Å². The van der Waals surface area contributed by atoms with Gasteiger partial charge in [0.25, 0.3) is 0 Å². The Bertz CT molecular complexity index is 797. The molecule has 2 aromatic carbocycles. The van der Waals surface area contributed by atoms with Crippen LogP contribution < -0.4 is 10.6 Å². The number of aryl methyl sites for hydroxylation is 1. The number of pyridine rings is 1. The molecule has 0 bridgehead atoms. The van der Waals surface area contributed by atoms with Crippen LogP contribution in [0, 0.1) is 12.7 Å². The fraction of sp³-hybridized carbons (Fsp3) is 0.118. The van der Waals surface area contributed by atoms with Crippen LogP contribution in [0.3, 0.4) is 0 Å². The summed E-state index contributed by atoms with van der Waals surface area (Å²) in [4.78, 5) is 6.32. The molecule has 1 heterocycles. The molecule has 0 fully saturated rings. The summed E-state index contributed by atoms with van der Waals surface area (Å²) in [5.41, 5.74) is 9.58. The number of hydrogen-bond acceptors (Lipinski definition) is 3. The zero-order chi connectivity index (χ0) is 15.0. The highest BCUT2D eigenvalue weighted by atomic mass is 19.1. The minimum Gasteiger partial charge on any atom is -0.398 e. The van der Waals surface area contributed by atoms with E-state index < -0.39 is 0 Å². The van der Waals surface area contributed by atoms with Crippen molar-refractivity contribution in [2.45, 2.75) is 6.92 Å². The standard InChI is InChI=1S/C17H16FN3/c1-11-9-14-15(10-20-11)16(19)7-8-17(14)21(2)13-5-3-12(18)4-6-13/h3-10H,19H2,1-2H3. The normalized spacial score (nSPS) is 10.8. The zero-order valence-electron chi connectivity index (χ0n) is 12.0. The molecule has 0 aliphatic heterocycles. The van der Waals surface area contributed by atoms with Crippen LogP contribution in [0.2, 0.25) is 0 Å². The molecule has 3 aromatic rings. The van der Waals surface area contributed by atoms with Crippen LogP contribution in [-0.2, 0) is 0 Å². The van der Waals surface area contributed by atoms with Crippen molar-refractivity contribution >= 4 is 27.8 Å². The van der Waals surface area contributed by atoms with Gasteiger partial charge in [0.2, 0.25) is 0 Å². The number of hydrogen-bond donors (Lipinski definition) is 1. The van der Waals surface area contributed by atoms with Crippen LogP contribution in [0.25, 0.3) is 10.8 Å². The van der Waals surface area contributed by atoms with Crippen molar-refractivity contribution < 1.29 is 4.39 Å². The molecule has 0 unspecified atom stereocenters. The van der Waals surface area contributed by atoms with Crippen LogP contribution in [0.15, 0.2) is 48.7 Å². The number of nitrogen functional groups attached to an aromatic ring is 1. The van der Waals surface area contributed by atoms with Crippen molar-refractivity contribution in [3.8, 4) is 0 Å². The van der Waals surface area contributed by atoms with E-state index in [4.69, 9.17) is 5.73 Å². The van der Waals surface area contributed by atoms with Gasteiger partial charge in [-0.3, -0.25) is 4.98 Å². The first kappa shape index (κ1) is 13.4. The first-order valence-electron chi connectivity index (χ1n) is 6.70. The Morgan fingerprint density at radius 2 is 1.76 bits per heavy atom. The van der Waals surface area contributed by atoms with Crippen molar-refractivity contribution in [2.75, 3.05) is 17.7 Å². The van der Waals surface area contributed by atoms with Gasteiger partial charge in [0, 0.05) is 46.8 Å². The zero-order valence-corrected chi connectivity index (χ0v) is 12.0. The van der Waals surface area contributed by atoms with E-state index in [0.717, 1.165) is 27.8 Å². The summed E-state index contributed by atoms with van der Waals surface area (Å²) >= 11 is 0. The molecule has 0 aliphatic carbocycles. The van der Waals surface area contributed by atoms with Gasteiger partial charge in [-0.25, -0.2) is 4.39 Å². The molecular formula is C17H16FN3. The molecule has 1 aromatic heterocycles. The van der Waals surface area contributed by atoms with Crippen LogP contribution in [0.5, 0.6) is 0 Å². The molecular weight excluding hydrogens is 265 g/mol. The number of benzene rings is 2. The van der Waals surface area contributed by atoms with E-state index >= 15 is 0 Å². The summed E-state index contributed by atoms with van der Waals surface area (Å²) in [6.07, 6.45) is 1.79. The predicted molar refractivity (Wildman–Crippen MR) is 85.4 cm³/mol. The Morgan fingerprint density at radius 1 is 1.05 bits per heavy atom. The lowest BCUT2D eigenvalue weighted by Crippen LogP contribution is -2.10. The van der Waals surface area contributed by atoms with Crippen molar-refractivity contribution in [3.05, 3.63) is 60.2 Å². The van der Waals surface area contributed by atoms with Gasteiger partial charge in [-0.15, -0.1) is 0 Å². The Balaban J connectivity index is 2.17. The van der Waals surface area contributed by atoms with Crippen molar-refractivity contribution in [1.82, 2.24) is 4.98 Å². The molecule has 0 radical (unpaired) electrons. The fourth-order valence-corrected chi connectivity index (χ4v) is 2.45. The smallest absolute Gasteiger partial charge is 0.123 e. The lowest BCUT2D eigenvalue weighted by atomic mass is 10.1. The monoisotopic (exact) mass is 281 g/mol. The maximum atomic E-state index is 13.1. The lowest BCUT2D eigenvalue weighted by Gasteiger charge is -2.22. The SMILES string of the molecule is Cc1cc2c(N(C)c3ccc(F)cc3)ccc(N)c2cn1. The quantitative estimate of drug-likeness (QED) is 0.721. The average Bonchev–Trinajstić information content (AvgIpc) is 2.47. The lowest BCUT2D eigenvalue weighted by molar-refractivity contribution is 0.628. The Hall–Kier alpha value is -2.62. The van der Waals surface area contributed by atoms with Gasteiger partial charge >= 0.3 is 0 Å². The van der Waals surface area contributed by atoms with Gasteiger partial charge in [0.1, 0.15) is 5.82 Å². The van der Waals surface area contributed by atoms with E-state index in [9.17, 15) is 4.39 Å². The average molecular weight is 281 g/mol. The van der Waals surface area contributed by atoms with Crippen LogP contribution in [0.4, 0.5) is 21.5 Å². The molecule has 0 aliphatic rings. The van der Waals surface area contributed by atoms with E-state index in [2.05, 4.69) is 4.98 Å². The Labute approximate surface area is 122 Å². The molecule has 0 spiro atoms. The van der Waals surface area contributed by atoms with Crippen molar-refractivity contribution in [3.63, 3.8) is 0 Å². The molecule has 106 valence electrons. The number of nitrogens with two attached hydrogens (primary N) is 1. The highest BCUT2D eigenvalue weighted by Crippen LogP contribution is 2.34. The summed E-state index contributed by atoms with van der Waals surface area (Å²) in [5.74, 6) is -0.241. The maximum Gasteiger partial charge on any atom is 0.123 e. The van der Waals surface area contributed by atoms with Crippen LogP contribution >= 0.6 is 0 Å². The van der Waals surface area contributed by atoms with Crippen LogP contribution in [0.1, 0.15) is 5.69 Å². The van der Waals surface area contributed by atoms with E-state index in [-0.39, 0.29) is 5.82 Å². The summed E-state index contributed by atoms with van der Waals surface area (Å²) in [6.45, 7) is 1.95. The molecule has 0 atom stereocenters. The Kier molecular flexibility index (Phi) is 3.22. The second-order valence-electron chi connectivity index (χ2n) is 5.08. The van der Waals surface area contributed by atoms with Gasteiger partial charge in [0.05, 0.1) is 0 Å². The minimum absolute atomic E-state index is 0.241. The maximum absolute atomic E-state index is 13.1. The highest BCUT2D eigenvalue weighted by Gasteiger charge is 2.10. The minimum atomic E-state index is -0.241. The first-order chi connectivity index (χ1) is 10.1. The second kappa shape index (κ2) is 5.05. The first-order valence-corrected chi connectivity index (χ1v) is 6.70. The van der Waals surface area contributed by atoms with Crippen molar-refractivity contribution in [2.24, 2.45) is 0 Å². The van der Waals surface area contributed by atoms with Gasteiger partial charge in [-0.2, -0.15) is 0 Å². The molecule has 3 rings (SSSR count). The third-order valence-electron chi connectivity index (χ3n) is 3.62. The van der Waals surface area contributed by atoms with E-state index in [1.54, 1.807) is 18.3 Å². The van der Waals surface area contributed by atoms with Crippen LogP contribution in [-0.4, -0.2) is 12.0 Å². The molecule has 0 saturated heterocycles. The number of rotatable bonds is 2. The molecule has 4 heteroatoms.